The Balaban J connectivity index is 2.05. The van der Waals surface area contributed by atoms with Crippen LogP contribution in [-0.4, -0.2) is 28.8 Å². The first kappa shape index (κ1) is 21.3. The van der Waals surface area contributed by atoms with Gasteiger partial charge in [0.05, 0.1) is 29.2 Å². The van der Waals surface area contributed by atoms with Crippen LogP contribution in [0.25, 0.3) is 11.3 Å². The van der Waals surface area contributed by atoms with Crippen molar-refractivity contribution in [1.82, 2.24) is 9.97 Å². The van der Waals surface area contributed by atoms with Gasteiger partial charge < -0.3 is 20.8 Å². The van der Waals surface area contributed by atoms with Crippen LogP contribution in [0.4, 0.5) is 11.4 Å². The van der Waals surface area contributed by atoms with E-state index in [1.54, 1.807) is 6.20 Å². The fourth-order valence-electron chi connectivity index (χ4n) is 3.24. The van der Waals surface area contributed by atoms with E-state index in [9.17, 15) is 0 Å². The predicted octanol–water partition coefficient (Wildman–Crippen LogP) is 5.28. The number of aromatic nitrogens is 2. The first-order valence-corrected chi connectivity index (χ1v) is 10.2. The molecule has 0 unspecified atom stereocenters. The molecule has 2 heterocycles. The minimum Gasteiger partial charge on any atom is -0.477 e. The summed E-state index contributed by atoms with van der Waals surface area (Å²) in [5.41, 5.74) is 6.21. The van der Waals surface area contributed by atoms with Gasteiger partial charge in [0.25, 0.3) is 0 Å². The second kappa shape index (κ2) is 9.87. The molecule has 0 radical (unpaired) electrons. The Morgan fingerprint density at radius 2 is 2.00 bits per heavy atom. The molecule has 0 bridgehead atoms. The molecule has 6 heteroatoms. The van der Waals surface area contributed by atoms with E-state index in [4.69, 9.17) is 15.1 Å². The maximum atomic E-state index is 7.94. The van der Waals surface area contributed by atoms with E-state index < -0.39 is 0 Å². The van der Waals surface area contributed by atoms with Gasteiger partial charge in [-0.25, -0.2) is 9.97 Å². The summed E-state index contributed by atoms with van der Waals surface area (Å²) in [6.45, 7) is 9.35. The summed E-state index contributed by atoms with van der Waals surface area (Å²) < 4.78 is 5.70. The Morgan fingerprint density at radius 3 is 2.70 bits per heavy atom. The lowest BCUT2D eigenvalue weighted by molar-refractivity contribution is 0.328. The van der Waals surface area contributed by atoms with Crippen molar-refractivity contribution in [2.45, 2.75) is 40.3 Å². The normalized spacial score (nSPS) is 10.7. The molecule has 3 aromatic rings. The Hall–Kier alpha value is -3.41. The van der Waals surface area contributed by atoms with Crippen LogP contribution in [0.5, 0.6) is 5.88 Å². The van der Waals surface area contributed by atoms with Gasteiger partial charge in [0.1, 0.15) is 5.69 Å². The maximum Gasteiger partial charge on any atom is 0.222 e. The molecule has 0 fully saturated rings. The highest BCUT2D eigenvalue weighted by molar-refractivity contribution is 5.91. The van der Waals surface area contributed by atoms with E-state index in [1.807, 2.05) is 25.1 Å². The number of rotatable bonds is 9. The Labute approximate surface area is 178 Å². The largest absolute Gasteiger partial charge is 0.477 e. The maximum absolute atomic E-state index is 7.94. The molecule has 30 heavy (non-hydrogen) atoms. The lowest BCUT2D eigenvalue weighted by Gasteiger charge is -2.20. The van der Waals surface area contributed by atoms with Crippen LogP contribution < -0.4 is 15.4 Å². The van der Waals surface area contributed by atoms with Crippen molar-refractivity contribution in [3.05, 3.63) is 65.5 Å². The lowest BCUT2D eigenvalue weighted by atomic mass is 10.1. The van der Waals surface area contributed by atoms with Crippen LogP contribution in [-0.2, 0) is 6.54 Å². The molecule has 0 aliphatic rings. The average molecular weight is 404 g/mol. The molecular weight excluding hydrogens is 374 g/mol. The molecule has 1 aromatic carbocycles. The third-order valence-corrected chi connectivity index (χ3v) is 4.51. The van der Waals surface area contributed by atoms with Crippen molar-refractivity contribution in [1.29, 1.82) is 5.41 Å². The zero-order valence-corrected chi connectivity index (χ0v) is 18.0. The van der Waals surface area contributed by atoms with E-state index >= 15 is 0 Å². The van der Waals surface area contributed by atoms with Crippen molar-refractivity contribution in [2.75, 3.05) is 17.2 Å². The summed E-state index contributed by atoms with van der Waals surface area (Å²) in [5, 5.41) is 14.9. The number of ether oxygens (including phenoxy) is 1. The van der Waals surface area contributed by atoms with E-state index in [1.165, 1.54) is 17.3 Å². The van der Waals surface area contributed by atoms with Crippen molar-refractivity contribution >= 4 is 17.6 Å². The summed E-state index contributed by atoms with van der Waals surface area (Å²) in [4.78, 5) is 9.07. The summed E-state index contributed by atoms with van der Waals surface area (Å²) in [5.74, 6) is 0.539. The number of benzene rings is 1. The molecule has 2 aromatic heterocycles. The van der Waals surface area contributed by atoms with Gasteiger partial charge in [0.2, 0.25) is 5.88 Å². The summed E-state index contributed by atoms with van der Waals surface area (Å²) >= 11 is 0. The number of nitrogens with zero attached hydrogens (tertiary/aromatic N) is 2. The first-order valence-electron chi connectivity index (χ1n) is 10.2. The van der Waals surface area contributed by atoms with Crippen molar-refractivity contribution < 1.29 is 4.74 Å². The number of pyridine rings is 2. The van der Waals surface area contributed by atoms with Gasteiger partial charge in [-0.3, -0.25) is 0 Å². The number of hydrogen-bond acceptors (Lipinski definition) is 6. The SMILES string of the molecule is CCOc1ncccc1-c1cc(NCc2cccc(C)c2)c(NC(C)C)c(C=N)n1. The molecule has 0 amide bonds. The first-order chi connectivity index (χ1) is 14.5. The topological polar surface area (TPSA) is 82.9 Å². The van der Waals surface area contributed by atoms with Gasteiger partial charge in [-0.1, -0.05) is 29.8 Å². The molecule has 0 atom stereocenters. The molecule has 0 saturated carbocycles. The summed E-state index contributed by atoms with van der Waals surface area (Å²) in [7, 11) is 0. The minimum absolute atomic E-state index is 0.202. The Kier molecular flexibility index (Phi) is 7.01. The summed E-state index contributed by atoms with van der Waals surface area (Å²) in [6, 6.07) is 14.4. The molecule has 0 saturated heterocycles. The highest BCUT2D eigenvalue weighted by atomic mass is 16.5. The molecule has 0 spiro atoms. The monoisotopic (exact) mass is 403 g/mol. The molecule has 3 N–H and O–H groups in total. The van der Waals surface area contributed by atoms with Crippen LogP contribution >= 0.6 is 0 Å². The predicted molar refractivity (Wildman–Crippen MR) is 124 cm³/mol. The second-order valence-electron chi connectivity index (χ2n) is 7.39. The van der Waals surface area contributed by atoms with Crippen molar-refractivity contribution in [3.63, 3.8) is 0 Å². The van der Waals surface area contributed by atoms with Crippen LogP contribution in [0, 0.1) is 12.3 Å². The zero-order valence-electron chi connectivity index (χ0n) is 18.0. The van der Waals surface area contributed by atoms with E-state index in [2.05, 4.69) is 60.7 Å². The number of hydrogen-bond donors (Lipinski definition) is 3. The Morgan fingerprint density at radius 1 is 1.17 bits per heavy atom. The summed E-state index contributed by atoms with van der Waals surface area (Å²) in [6.07, 6.45) is 2.99. The number of nitrogens with one attached hydrogen (secondary N) is 3. The molecule has 0 aliphatic carbocycles. The van der Waals surface area contributed by atoms with Gasteiger partial charge in [0.15, 0.2) is 0 Å². The van der Waals surface area contributed by atoms with Gasteiger partial charge >= 0.3 is 0 Å². The van der Waals surface area contributed by atoms with Crippen LogP contribution in [0.15, 0.2) is 48.7 Å². The van der Waals surface area contributed by atoms with Crippen LogP contribution in [0.1, 0.15) is 37.6 Å². The molecule has 156 valence electrons. The highest BCUT2D eigenvalue weighted by Gasteiger charge is 2.16. The fourth-order valence-corrected chi connectivity index (χ4v) is 3.24. The third-order valence-electron chi connectivity index (χ3n) is 4.51. The lowest BCUT2D eigenvalue weighted by Crippen LogP contribution is -2.15. The highest BCUT2D eigenvalue weighted by Crippen LogP contribution is 2.34. The molecule has 3 rings (SSSR count). The quantitative estimate of drug-likeness (QED) is 0.423. The number of aryl methyl sites for hydroxylation is 1. The van der Waals surface area contributed by atoms with Gasteiger partial charge in [0, 0.05) is 25.0 Å². The minimum atomic E-state index is 0.202. The van der Waals surface area contributed by atoms with E-state index in [0.717, 1.165) is 16.9 Å². The van der Waals surface area contributed by atoms with E-state index in [-0.39, 0.29) is 6.04 Å². The van der Waals surface area contributed by atoms with Crippen LogP contribution in [0.3, 0.4) is 0 Å². The van der Waals surface area contributed by atoms with Gasteiger partial charge in [-0.15, -0.1) is 0 Å². The zero-order chi connectivity index (χ0) is 21.5. The molecule has 6 nitrogen and oxygen atoms in total. The van der Waals surface area contributed by atoms with Gasteiger partial charge in [-0.05, 0) is 51.5 Å². The van der Waals surface area contributed by atoms with Gasteiger partial charge in [-0.2, -0.15) is 0 Å². The second-order valence-corrected chi connectivity index (χ2v) is 7.39. The molecule has 0 aliphatic heterocycles. The average Bonchev–Trinajstić information content (AvgIpc) is 2.73. The van der Waals surface area contributed by atoms with Crippen molar-refractivity contribution in [2.24, 2.45) is 0 Å². The van der Waals surface area contributed by atoms with Crippen molar-refractivity contribution in [3.8, 4) is 17.1 Å². The Bertz CT molecular complexity index is 1020. The smallest absolute Gasteiger partial charge is 0.222 e. The number of anilines is 2. The standard InChI is InChI=1S/C24H29N5O/c1-5-30-24-19(10-7-11-26-24)20-13-21(23(28-16(2)3)22(14-25)29-20)27-15-18-9-6-8-17(4)12-18/h6-14,16,25,28H,5,15H2,1-4H3,(H,27,29). The fraction of sp³-hybridized carbons (Fsp3) is 0.292. The van der Waals surface area contributed by atoms with E-state index in [0.29, 0.717) is 30.4 Å². The third kappa shape index (κ3) is 5.14. The van der Waals surface area contributed by atoms with Crippen LogP contribution in [0.2, 0.25) is 0 Å². The molecular formula is C24H29N5O.